The van der Waals surface area contributed by atoms with Crippen LogP contribution in [0.25, 0.3) is 11.0 Å². The van der Waals surface area contributed by atoms with Gasteiger partial charge in [0.2, 0.25) is 0 Å². The molecule has 0 aliphatic carbocycles. The molecule has 20 heavy (non-hydrogen) atoms. The maximum atomic E-state index is 5.75. The number of aromatic nitrogens is 2. The molecule has 1 N–H and O–H groups in total. The molecule has 2 heterocycles. The predicted molar refractivity (Wildman–Crippen MR) is 80.9 cm³/mol. The third-order valence-electron chi connectivity index (χ3n) is 4.29. The maximum Gasteiger partial charge on any atom is 0.106 e. The Morgan fingerprint density at radius 2 is 2.20 bits per heavy atom. The second-order valence-electron chi connectivity index (χ2n) is 6.05. The van der Waals surface area contributed by atoms with Crippen LogP contribution in [0, 0.1) is 6.92 Å². The summed E-state index contributed by atoms with van der Waals surface area (Å²) in [6, 6.07) is 8.76. The van der Waals surface area contributed by atoms with Gasteiger partial charge in [0.25, 0.3) is 0 Å². The number of ether oxygens (including phenoxy) is 1. The van der Waals surface area contributed by atoms with Gasteiger partial charge in [0.1, 0.15) is 5.82 Å². The van der Waals surface area contributed by atoms with Crippen LogP contribution in [0.3, 0.4) is 0 Å². The van der Waals surface area contributed by atoms with E-state index in [2.05, 4.69) is 53.8 Å². The minimum absolute atomic E-state index is 0.0496. The molecule has 0 spiro atoms. The molecule has 0 amide bonds. The summed E-state index contributed by atoms with van der Waals surface area (Å²) in [5.74, 6) is 1.08. The molecular weight excluding hydrogens is 250 g/mol. The van der Waals surface area contributed by atoms with Crippen LogP contribution < -0.4 is 5.32 Å². The largest absolute Gasteiger partial charge is 0.374 e. The van der Waals surface area contributed by atoms with Gasteiger partial charge in [0.05, 0.1) is 16.6 Å². The number of nitrogens with zero attached hydrogens (tertiary/aromatic N) is 2. The zero-order valence-corrected chi connectivity index (χ0v) is 12.5. The number of hydrogen-bond acceptors (Lipinski definition) is 3. The minimum atomic E-state index is -0.0496. The fraction of sp³-hybridized carbons (Fsp3) is 0.562. The number of fused-ring (bicyclic) bond motifs is 1. The number of imidazole rings is 1. The lowest BCUT2D eigenvalue weighted by Gasteiger charge is -2.26. The highest BCUT2D eigenvalue weighted by Gasteiger charge is 2.34. The quantitative estimate of drug-likeness (QED) is 0.930. The van der Waals surface area contributed by atoms with Gasteiger partial charge < -0.3 is 14.6 Å². The van der Waals surface area contributed by atoms with E-state index < -0.39 is 0 Å². The fourth-order valence-corrected chi connectivity index (χ4v) is 3.06. The maximum absolute atomic E-state index is 5.75. The fourth-order valence-electron chi connectivity index (χ4n) is 3.06. The monoisotopic (exact) mass is 273 g/mol. The summed E-state index contributed by atoms with van der Waals surface area (Å²) < 4.78 is 8.04. The van der Waals surface area contributed by atoms with E-state index in [1.54, 1.807) is 0 Å². The van der Waals surface area contributed by atoms with E-state index in [9.17, 15) is 0 Å². The molecule has 1 aromatic carbocycles. The van der Waals surface area contributed by atoms with Gasteiger partial charge in [-0.2, -0.15) is 0 Å². The van der Waals surface area contributed by atoms with Crippen LogP contribution in [0.2, 0.25) is 0 Å². The van der Waals surface area contributed by atoms with Gasteiger partial charge in [-0.25, -0.2) is 4.98 Å². The Hall–Kier alpha value is -1.39. The Balaban J connectivity index is 1.67. The molecule has 4 heteroatoms. The molecular formula is C16H23N3O. The van der Waals surface area contributed by atoms with E-state index in [0.717, 1.165) is 37.5 Å². The molecule has 1 aliphatic rings. The SMILES string of the molecule is Cc1nc2ccccc2n1CCNC1CCOC1(C)C. The Morgan fingerprint density at radius 3 is 2.95 bits per heavy atom. The highest BCUT2D eigenvalue weighted by Crippen LogP contribution is 2.24. The number of hydrogen-bond donors (Lipinski definition) is 1. The zero-order chi connectivity index (χ0) is 14.2. The summed E-state index contributed by atoms with van der Waals surface area (Å²) in [5, 5.41) is 3.63. The van der Waals surface area contributed by atoms with E-state index in [1.165, 1.54) is 5.52 Å². The zero-order valence-electron chi connectivity index (χ0n) is 12.5. The van der Waals surface area contributed by atoms with Crippen LogP contribution in [0.1, 0.15) is 26.1 Å². The third kappa shape index (κ3) is 2.45. The summed E-state index contributed by atoms with van der Waals surface area (Å²) in [6.07, 6.45) is 1.09. The molecule has 1 aliphatic heterocycles. The molecule has 108 valence electrons. The average Bonchev–Trinajstić information content (AvgIpc) is 2.90. The molecule has 2 aromatic rings. The van der Waals surface area contributed by atoms with Crippen LogP contribution in [0.4, 0.5) is 0 Å². The predicted octanol–water partition coefficient (Wildman–Crippen LogP) is 2.50. The number of para-hydroxylation sites is 2. The molecule has 3 rings (SSSR count). The molecule has 1 fully saturated rings. The highest BCUT2D eigenvalue weighted by molar-refractivity contribution is 5.75. The van der Waals surface area contributed by atoms with Crippen molar-refractivity contribution in [1.29, 1.82) is 0 Å². The first-order valence-corrected chi connectivity index (χ1v) is 7.37. The summed E-state index contributed by atoms with van der Waals surface area (Å²) in [4.78, 5) is 4.60. The van der Waals surface area contributed by atoms with Crippen LogP contribution >= 0.6 is 0 Å². The van der Waals surface area contributed by atoms with Crippen LogP contribution in [0.5, 0.6) is 0 Å². The van der Waals surface area contributed by atoms with Crippen molar-refractivity contribution in [3.63, 3.8) is 0 Å². The van der Waals surface area contributed by atoms with Crippen LogP contribution in [-0.4, -0.2) is 34.3 Å². The summed E-state index contributed by atoms with van der Waals surface area (Å²) in [5.41, 5.74) is 2.25. The lowest BCUT2D eigenvalue weighted by Crippen LogP contribution is -2.44. The lowest BCUT2D eigenvalue weighted by atomic mass is 9.99. The second kappa shape index (κ2) is 5.19. The standard InChI is InChI=1S/C16H23N3O/c1-12-18-13-6-4-5-7-14(13)19(12)10-9-17-15-8-11-20-16(15,2)3/h4-7,15,17H,8-11H2,1-3H3. The first-order valence-electron chi connectivity index (χ1n) is 7.37. The smallest absolute Gasteiger partial charge is 0.106 e. The van der Waals surface area contributed by atoms with E-state index in [0.29, 0.717) is 6.04 Å². The Bertz CT molecular complexity index is 603. The third-order valence-corrected chi connectivity index (χ3v) is 4.29. The number of aryl methyl sites for hydroxylation is 1. The van der Waals surface area contributed by atoms with E-state index in [1.807, 2.05) is 6.07 Å². The van der Waals surface area contributed by atoms with Gasteiger partial charge in [-0.3, -0.25) is 0 Å². The van der Waals surface area contributed by atoms with Crippen molar-refractivity contribution in [2.45, 2.75) is 45.4 Å². The number of nitrogens with one attached hydrogen (secondary N) is 1. The topological polar surface area (TPSA) is 39.1 Å². The highest BCUT2D eigenvalue weighted by atomic mass is 16.5. The van der Waals surface area contributed by atoms with Crippen molar-refractivity contribution in [1.82, 2.24) is 14.9 Å². The number of rotatable bonds is 4. The minimum Gasteiger partial charge on any atom is -0.374 e. The van der Waals surface area contributed by atoms with Gasteiger partial charge in [0.15, 0.2) is 0 Å². The normalized spacial score (nSPS) is 21.6. The van der Waals surface area contributed by atoms with Gasteiger partial charge in [-0.05, 0) is 39.3 Å². The Labute approximate surface area is 120 Å². The molecule has 1 saturated heterocycles. The summed E-state index contributed by atoms with van der Waals surface area (Å²) in [6.45, 7) is 9.14. The van der Waals surface area contributed by atoms with E-state index >= 15 is 0 Å². The van der Waals surface area contributed by atoms with Gasteiger partial charge in [-0.1, -0.05) is 12.1 Å². The van der Waals surface area contributed by atoms with Crippen molar-refractivity contribution >= 4 is 11.0 Å². The van der Waals surface area contributed by atoms with Gasteiger partial charge in [-0.15, -0.1) is 0 Å². The van der Waals surface area contributed by atoms with Crippen molar-refractivity contribution in [3.8, 4) is 0 Å². The van der Waals surface area contributed by atoms with Crippen molar-refractivity contribution in [2.24, 2.45) is 0 Å². The van der Waals surface area contributed by atoms with Crippen LogP contribution in [-0.2, 0) is 11.3 Å². The van der Waals surface area contributed by atoms with E-state index in [4.69, 9.17) is 4.74 Å². The van der Waals surface area contributed by atoms with Crippen molar-refractivity contribution < 1.29 is 4.74 Å². The second-order valence-corrected chi connectivity index (χ2v) is 6.05. The molecule has 0 saturated carbocycles. The molecule has 1 aromatic heterocycles. The van der Waals surface area contributed by atoms with E-state index in [-0.39, 0.29) is 5.60 Å². The van der Waals surface area contributed by atoms with Crippen molar-refractivity contribution in [2.75, 3.05) is 13.2 Å². The van der Waals surface area contributed by atoms with Gasteiger partial charge in [0, 0.05) is 25.7 Å². The number of benzene rings is 1. The Kier molecular flexibility index (Phi) is 3.52. The molecule has 1 unspecified atom stereocenters. The van der Waals surface area contributed by atoms with Crippen molar-refractivity contribution in [3.05, 3.63) is 30.1 Å². The summed E-state index contributed by atoms with van der Waals surface area (Å²) >= 11 is 0. The van der Waals surface area contributed by atoms with Gasteiger partial charge >= 0.3 is 0 Å². The first-order chi connectivity index (χ1) is 9.58. The lowest BCUT2D eigenvalue weighted by molar-refractivity contribution is 0.0216. The summed E-state index contributed by atoms with van der Waals surface area (Å²) in [7, 11) is 0. The molecule has 0 bridgehead atoms. The Morgan fingerprint density at radius 1 is 1.40 bits per heavy atom. The molecule has 4 nitrogen and oxygen atoms in total. The molecule has 1 atom stereocenters. The first kappa shape index (κ1) is 13.6. The average molecular weight is 273 g/mol. The molecule has 0 radical (unpaired) electrons. The van der Waals surface area contributed by atoms with Crippen LogP contribution in [0.15, 0.2) is 24.3 Å².